The second kappa shape index (κ2) is 5.61. The van der Waals surface area contributed by atoms with Crippen LogP contribution in [0.25, 0.3) is 0 Å². The first kappa shape index (κ1) is 11.8. The van der Waals surface area contributed by atoms with Crippen LogP contribution < -0.4 is 5.73 Å². The molecule has 0 unspecified atom stereocenters. The van der Waals surface area contributed by atoms with Gasteiger partial charge in [0, 0.05) is 38.6 Å². The number of nitrogens with zero attached hydrogens (tertiary/aromatic N) is 2. The molecule has 2 aliphatic rings. The largest absolute Gasteiger partial charge is 0.378 e. The summed E-state index contributed by atoms with van der Waals surface area (Å²) in [5.74, 6) is 0.271. The summed E-state index contributed by atoms with van der Waals surface area (Å²) in [6.07, 6.45) is 1.61. The molecule has 16 heavy (non-hydrogen) atoms. The third kappa shape index (κ3) is 3.17. The predicted molar refractivity (Wildman–Crippen MR) is 61.0 cm³/mol. The molecule has 0 radical (unpaired) electrons. The summed E-state index contributed by atoms with van der Waals surface area (Å²) in [7, 11) is 0. The van der Waals surface area contributed by atoms with E-state index in [1.54, 1.807) is 0 Å². The van der Waals surface area contributed by atoms with E-state index in [1.165, 1.54) is 0 Å². The zero-order chi connectivity index (χ0) is 11.4. The van der Waals surface area contributed by atoms with Gasteiger partial charge < -0.3 is 20.3 Å². The zero-order valence-electron chi connectivity index (χ0n) is 9.73. The Balaban J connectivity index is 1.56. The first-order valence-corrected chi connectivity index (χ1v) is 6.09. The molecule has 0 saturated carbocycles. The monoisotopic (exact) mass is 227 g/mol. The van der Waals surface area contributed by atoms with Gasteiger partial charge in [-0.15, -0.1) is 0 Å². The highest BCUT2D eigenvalue weighted by Crippen LogP contribution is 2.08. The normalized spacial score (nSPS) is 23.2. The van der Waals surface area contributed by atoms with E-state index in [4.69, 9.17) is 10.5 Å². The Morgan fingerprint density at radius 3 is 2.62 bits per heavy atom. The molecule has 2 heterocycles. The molecule has 2 saturated heterocycles. The van der Waals surface area contributed by atoms with Crippen molar-refractivity contribution in [3.63, 3.8) is 0 Å². The van der Waals surface area contributed by atoms with Crippen LogP contribution in [0.2, 0.25) is 0 Å². The van der Waals surface area contributed by atoms with Crippen LogP contribution in [-0.4, -0.2) is 67.7 Å². The van der Waals surface area contributed by atoms with Crippen molar-refractivity contribution in [1.82, 2.24) is 9.80 Å². The lowest BCUT2D eigenvalue weighted by Crippen LogP contribution is -2.55. The van der Waals surface area contributed by atoms with Crippen molar-refractivity contribution in [2.24, 2.45) is 5.73 Å². The Morgan fingerprint density at radius 1 is 1.31 bits per heavy atom. The van der Waals surface area contributed by atoms with E-state index in [2.05, 4.69) is 4.90 Å². The number of carbonyl (C=O) groups excluding carboxylic acids is 1. The maximum absolute atomic E-state index is 11.8. The molecular weight excluding hydrogens is 206 g/mol. The summed E-state index contributed by atoms with van der Waals surface area (Å²) in [4.78, 5) is 16.0. The van der Waals surface area contributed by atoms with Gasteiger partial charge in [0.15, 0.2) is 0 Å². The number of morpholine rings is 1. The fourth-order valence-electron chi connectivity index (χ4n) is 2.22. The van der Waals surface area contributed by atoms with Gasteiger partial charge in [0.1, 0.15) is 0 Å². The minimum Gasteiger partial charge on any atom is -0.378 e. The van der Waals surface area contributed by atoms with Gasteiger partial charge >= 0.3 is 0 Å². The van der Waals surface area contributed by atoms with E-state index >= 15 is 0 Å². The van der Waals surface area contributed by atoms with Gasteiger partial charge in [-0.2, -0.15) is 0 Å². The minimum atomic E-state index is 0.271. The van der Waals surface area contributed by atoms with E-state index in [-0.39, 0.29) is 5.91 Å². The SMILES string of the molecule is NC1CN(CCCC(=O)N2CCOCC2)C1. The summed E-state index contributed by atoms with van der Waals surface area (Å²) in [6.45, 7) is 5.88. The van der Waals surface area contributed by atoms with Crippen molar-refractivity contribution >= 4 is 5.91 Å². The van der Waals surface area contributed by atoms with Crippen LogP contribution in [0.4, 0.5) is 0 Å². The average molecular weight is 227 g/mol. The van der Waals surface area contributed by atoms with Crippen LogP contribution in [0, 0.1) is 0 Å². The molecule has 0 aromatic rings. The second-order valence-corrected chi connectivity index (χ2v) is 4.62. The molecule has 0 atom stereocenters. The van der Waals surface area contributed by atoms with Crippen molar-refractivity contribution in [3.8, 4) is 0 Å². The topological polar surface area (TPSA) is 58.8 Å². The first-order chi connectivity index (χ1) is 7.75. The van der Waals surface area contributed by atoms with E-state index in [9.17, 15) is 4.79 Å². The van der Waals surface area contributed by atoms with Gasteiger partial charge in [-0.3, -0.25) is 4.79 Å². The quantitative estimate of drug-likeness (QED) is 0.688. The molecular formula is C11H21N3O2. The lowest BCUT2D eigenvalue weighted by Gasteiger charge is -2.36. The third-order valence-electron chi connectivity index (χ3n) is 3.21. The molecule has 0 aromatic carbocycles. The van der Waals surface area contributed by atoms with Gasteiger partial charge in [-0.05, 0) is 13.0 Å². The lowest BCUT2D eigenvalue weighted by atomic mass is 10.1. The molecule has 2 rings (SSSR count). The summed E-state index contributed by atoms with van der Waals surface area (Å²) in [6, 6.07) is 0.356. The van der Waals surface area contributed by atoms with Crippen LogP contribution in [0.3, 0.4) is 0 Å². The zero-order valence-corrected chi connectivity index (χ0v) is 9.73. The number of amides is 1. The van der Waals surface area contributed by atoms with Gasteiger partial charge in [0.25, 0.3) is 0 Å². The number of rotatable bonds is 4. The lowest BCUT2D eigenvalue weighted by molar-refractivity contribution is -0.135. The van der Waals surface area contributed by atoms with Crippen molar-refractivity contribution in [2.45, 2.75) is 18.9 Å². The molecule has 5 heteroatoms. The molecule has 92 valence electrons. The summed E-state index contributed by atoms with van der Waals surface area (Å²) < 4.78 is 5.21. The Hall–Kier alpha value is -0.650. The average Bonchev–Trinajstić information content (AvgIpc) is 2.27. The number of hydrogen-bond acceptors (Lipinski definition) is 4. The highest BCUT2D eigenvalue weighted by Gasteiger charge is 2.22. The Kier molecular flexibility index (Phi) is 4.15. The van der Waals surface area contributed by atoms with Gasteiger partial charge in [0.2, 0.25) is 5.91 Å². The molecule has 1 amide bonds. The van der Waals surface area contributed by atoms with Crippen LogP contribution in [0.5, 0.6) is 0 Å². The first-order valence-electron chi connectivity index (χ1n) is 6.09. The van der Waals surface area contributed by atoms with Crippen LogP contribution in [0.15, 0.2) is 0 Å². The van der Waals surface area contributed by atoms with Gasteiger partial charge in [-0.25, -0.2) is 0 Å². The summed E-state index contributed by atoms with van der Waals surface area (Å²) >= 11 is 0. The fraction of sp³-hybridized carbons (Fsp3) is 0.909. The fourth-order valence-corrected chi connectivity index (χ4v) is 2.22. The predicted octanol–water partition coefficient (Wildman–Crippen LogP) is -0.732. The minimum absolute atomic E-state index is 0.271. The maximum atomic E-state index is 11.8. The highest BCUT2D eigenvalue weighted by atomic mass is 16.5. The van der Waals surface area contributed by atoms with Crippen LogP contribution >= 0.6 is 0 Å². The number of hydrogen-bond donors (Lipinski definition) is 1. The van der Waals surface area contributed by atoms with Gasteiger partial charge in [0.05, 0.1) is 13.2 Å². The molecule has 2 aliphatic heterocycles. The summed E-state index contributed by atoms with van der Waals surface area (Å²) in [5, 5.41) is 0. The molecule has 0 aromatic heterocycles. The van der Waals surface area contributed by atoms with Crippen molar-refractivity contribution in [3.05, 3.63) is 0 Å². The number of carbonyl (C=O) groups is 1. The number of ether oxygens (including phenoxy) is 1. The molecule has 0 bridgehead atoms. The van der Waals surface area contributed by atoms with E-state index < -0.39 is 0 Å². The van der Waals surface area contributed by atoms with Crippen molar-refractivity contribution < 1.29 is 9.53 Å². The second-order valence-electron chi connectivity index (χ2n) is 4.62. The van der Waals surface area contributed by atoms with Crippen LogP contribution in [-0.2, 0) is 9.53 Å². The Morgan fingerprint density at radius 2 is 2.00 bits per heavy atom. The standard InChI is InChI=1S/C11H21N3O2/c12-10-8-13(9-10)3-1-2-11(15)14-4-6-16-7-5-14/h10H,1-9,12H2. The van der Waals surface area contributed by atoms with E-state index in [0.29, 0.717) is 25.7 Å². The number of likely N-dealkylation sites (tertiary alicyclic amines) is 1. The summed E-state index contributed by atoms with van der Waals surface area (Å²) in [5.41, 5.74) is 5.69. The third-order valence-corrected chi connectivity index (χ3v) is 3.21. The number of nitrogens with two attached hydrogens (primary N) is 1. The van der Waals surface area contributed by atoms with Crippen molar-refractivity contribution in [1.29, 1.82) is 0 Å². The maximum Gasteiger partial charge on any atom is 0.222 e. The van der Waals surface area contributed by atoms with E-state index in [0.717, 1.165) is 39.1 Å². The van der Waals surface area contributed by atoms with E-state index in [1.807, 2.05) is 4.90 Å². The van der Waals surface area contributed by atoms with Crippen LogP contribution in [0.1, 0.15) is 12.8 Å². The molecule has 5 nitrogen and oxygen atoms in total. The van der Waals surface area contributed by atoms with Gasteiger partial charge in [-0.1, -0.05) is 0 Å². The van der Waals surface area contributed by atoms with Crippen molar-refractivity contribution in [2.75, 3.05) is 45.9 Å². The molecule has 0 spiro atoms. The Labute approximate surface area is 96.5 Å². The molecule has 0 aliphatic carbocycles. The smallest absolute Gasteiger partial charge is 0.222 e. The highest BCUT2D eigenvalue weighted by molar-refractivity contribution is 5.76. The molecule has 2 fully saturated rings. The Bertz CT molecular complexity index is 235. The molecule has 2 N–H and O–H groups in total.